The number of hydrogen-bond donors (Lipinski definition) is 2. The molecule has 0 aliphatic carbocycles. The summed E-state index contributed by atoms with van der Waals surface area (Å²) in [7, 11) is 0. The van der Waals surface area contributed by atoms with Crippen LogP contribution in [0.1, 0.15) is 38.0 Å². The van der Waals surface area contributed by atoms with E-state index in [0.29, 0.717) is 18.5 Å². The Morgan fingerprint density at radius 1 is 1.50 bits per heavy atom. The second-order valence-corrected chi connectivity index (χ2v) is 7.81. The van der Waals surface area contributed by atoms with Gasteiger partial charge in [0.05, 0.1) is 0 Å². The molecule has 1 fully saturated rings. The molecule has 2 rings (SSSR count). The Morgan fingerprint density at radius 3 is 2.80 bits per heavy atom. The molecule has 1 aliphatic heterocycles. The molecule has 0 radical (unpaired) electrons. The minimum Gasteiger partial charge on any atom is -0.351 e. The highest BCUT2D eigenvalue weighted by atomic mass is 32.1. The Hall–Kier alpha value is -1.07. The topological polar surface area (TPSA) is 58.4 Å². The van der Waals surface area contributed by atoms with Crippen molar-refractivity contribution in [2.24, 2.45) is 11.1 Å². The summed E-state index contributed by atoms with van der Waals surface area (Å²) >= 11 is 1.76. The van der Waals surface area contributed by atoms with E-state index >= 15 is 0 Å². The maximum absolute atomic E-state index is 11.5. The number of nitrogens with one attached hydrogen (secondary N) is 1. The first-order chi connectivity index (χ1) is 9.35. The molecule has 20 heavy (non-hydrogen) atoms. The van der Waals surface area contributed by atoms with Crippen LogP contribution in [0.4, 0.5) is 4.79 Å². The molecule has 1 aliphatic rings. The van der Waals surface area contributed by atoms with E-state index in [1.54, 1.807) is 16.2 Å². The van der Waals surface area contributed by atoms with Crippen molar-refractivity contribution in [3.8, 4) is 0 Å². The minimum atomic E-state index is -0.311. The van der Waals surface area contributed by atoms with Crippen molar-refractivity contribution in [3.05, 3.63) is 22.4 Å². The smallest absolute Gasteiger partial charge is 0.314 e. The average Bonchev–Trinajstić information content (AvgIpc) is 2.89. The number of amides is 2. The molecule has 1 aromatic rings. The van der Waals surface area contributed by atoms with E-state index in [2.05, 4.69) is 43.6 Å². The van der Waals surface area contributed by atoms with Crippen molar-refractivity contribution in [3.63, 3.8) is 0 Å². The molecule has 2 atom stereocenters. The molecule has 112 valence electrons. The van der Waals surface area contributed by atoms with Crippen LogP contribution in [0.3, 0.4) is 0 Å². The second kappa shape index (κ2) is 6.14. The Labute approximate surface area is 125 Å². The molecule has 3 N–H and O–H groups in total. The van der Waals surface area contributed by atoms with Crippen molar-refractivity contribution < 1.29 is 4.79 Å². The molecular weight excluding hydrogens is 270 g/mol. The summed E-state index contributed by atoms with van der Waals surface area (Å²) in [6, 6.07) is 4.23. The van der Waals surface area contributed by atoms with Crippen molar-refractivity contribution in [2.75, 3.05) is 19.6 Å². The predicted octanol–water partition coefficient (Wildman–Crippen LogP) is 2.62. The third-order valence-electron chi connectivity index (χ3n) is 3.63. The molecule has 5 heteroatoms. The van der Waals surface area contributed by atoms with Gasteiger partial charge in [0.2, 0.25) is 0 Å². The SMILES string of the molecule is CC(C)(C)CNC1CC(c2cccs2)CN(C(N)=O)C1. The lowest BCUT2D eigenvalue weighted by atomic mass is 9.91. The number of urea groups is 1. The van der Waals surface area contributed by atoms with Crippen molar-refractivity contribution >= 4 is 17.4 Å². The molecule has 1 aromatic heterocycles. The Balaban J connectivity index is 2.03. The highest BCUT2D eigenvalue weighted by molar-refractivity contribution is 7.10. The molecule has 1 saturated heterocycles. The Morgan fingerprint density at radius 2 is 2.25 bits per heavy atom. The average molecular weight is 295 g/mol. The highest BCUT2D eigenvalue weighted by Gasteiger charge is 2.30. The van der Waals surface area contributed by atoms with Crippen molar-refractivity contribution in [1.82, 2.24) is 10.2 Å². The summed E-state index contributed by atoms with van der Waals surface area (Å²) in [4.78, 5) is 14.7. The fraction of sp³-hybridized carbons (Fsp3) is 0.667. The summed E-state index contributed by atoms with van der Waals surface area (Å²) in [5.74, 6) is 0.397. The summed E-state index contributed by atoms with van der Waals surface area (Å²) < 4.78 is 0. The van der Waals surface area contributed by atoms with Crippen LogP contribution in [-0.4, -0.2) is 36.6 Å². The van der Waals surface area contributed by atoms with Gasteiger partial charge in [-0.3, -0.25) is 0 Å². The third-order valence-corrected chi connectivity index (χ3v) is 4.66. The monoisotopic (exact) mass is 295 g/mol. The van der Waals surface area contributed by atoms with Gasteiger partial charge in [-0.2, -0.15) is 0 Å². The number of carbonyl (C=O) groups is 1. The quantitative estimate of drug-likeness (QED) is 0.900. The maximum Gasteiger partial charge on any atom is 0.314 e. The second-order valence-electron chi connectivity index (χ2n) is 6.83. The van der Waals surface area contributed by atoms with Crippen LogP contribution in [0.25, 0.3) is 0 Å². The molecule has 0 aromatic carbocycles. The van der Waals surface area contributed by atoms with E-state index in [9.17, 15) is 4.79 Å². The number of primary amides is 1. The predicted molar refractivity (Wildman–Crippen MR) is 84.1 cm³/mol. The zero-order chi connectivity index (χ0) is 14.8. The van der Waals surface area contributed by atoms with Gasteiger partial charge >= 0.3 is 6.03 Å². The van der Waals surface area contributed by atoms with Gasteiger partial charge in [-0.1, -0.05) is 26.8 Å². The molecule has 2 amide bonds. The normalized spacial score (nSPS) is 23.9. The van der Waals surface area contributed by atoms with Gasteiger partial charge in [0.15, 0.2) is 0 Å². The number of nitrogens with zero attached hydrogens (tertiary/aromatic N) is 1. The van der Waals surface area contributed by atoms with Gasteiger partial charge in [0.25, 0.3) is 0 Å². The number of hydrogen-bond acceptors (Lipinski definition) is 3. The molecular formula is C15H25N3OS. The largest absolute Gasteiger partial charge is 0.351 e. The van der Waals surface area contributed by atoms with E-state index in [1.165, 1.54) is 4.88 Å². The van der Waals surface area contributed by atoms with E-state index in [0.717, 1.165) is 19.5 Å². The Bertz CT molecular complexity index is 438. The summed E-state index contributed by atoms with van der Waals surface area (Å²) in [5.41, 5.74) is 5.73. The van der Waals surface area contributed by atoms with Crippen LogP contribution in [0.5, 0.6) is 0 Å². The van der Waals surface area contributed by atoms with Crippen LogP contribution < -0.4 is 11.1 Å². The molecule has 0 spiro atoms. The van der Waals surface area contributed by atoms with Crippen LogP contribution in [-0.2, 0) is 0 Å². The van der Waals surface area contributed by atoms with Crippen LogP contribution in [0.2, 0.25) is 0 Å². The highest BCUT2D eigenvalue weighted by Crippen LogP contribution is 2.30. The summed E-state index contributed by atoms with van der Waals surface area (Å²) in [6.45, 7) is 9.04. The standard InChI is InChI=1S/C15H25N3OS/c1-15(2,3)10-17-12-7-11(13-5-4-6-20-13)8-18(9-12)14(16)19/h4-6,11-12,17H,7-10H2,1-3H3,(H2,16,19). The fourth-order valence-corrected chi connectivity index (χ4v) is 3.44. The van der Waals surface area contributed by atoms with E-state index < -0.39 is 0 Å². The van der Waals surface area contributed by atoms with Gasteiger partial charge in [-0.25, -0.2) is 4.79 Å². The number of thiophene rings is 1. The summed E-state index contributed by atoms with van der Waals surface area (Å²) in [5, 5.41) is 5.69. The van der Waals surface area contributed by atoms with Gasteiger partial charge in [0, 0.05) is 36.5 Å². The molecule has 4 nitrogen and oxygen atoms in total. The minimum absolute atomic E-state index is 0.243. The first-order valence-electron chi connectivity index (χ1n) is 7.16. The Kier molecular flexibility index (Phi) is 4.70. The van der Waals surface area contributed by atoms with E-state index in [-0.39, 0.29) is 11.4 Å². The van der Waals surface area contributed by atoms with Gasteiger partial charge in [-0.05, 0) is 23.3 Å². The number of piperidine rings is 1. The number of carbonyl (C=O) groups excluding carboxylic acids is 1. The van der Waals surface area contributed by atoms with Crippen LogP contribution in [0, 0.1) is 5.41 Å². The molecule has 0 bridgehead atoms. The lowest BCUT2D eigenvalue weighted by Gasteiger charge is -2.38. The first-order valence-corrected chi connectivity index (χ1v) is 8.04. The van der Waals surface area contributed by atoms with Crippen molar-refractivity contribution in [2.45, 2.75) is 39.2 Å². The van der Waals surface area contributed by atoms with Gasteiger partial charge in [-0.15, -0.1) is 11.3 Å². The molecule has 2 heterocycles. The van der Waals surface area contributed by atoms with Gasteiger partial charge < -0.3 is 16.0 Å². The zero-order valence-corrected chi connectivity index (χ0v) is 13.4. The van der Waals surface area contributed by atoms with Crippen LogP contribution >= 0.6 is 11.3 Å². The maximum atomic E-state index is 11.5. The van der Waals surface area contributed by atoms with E-state index in [1.807, 2.05) is 0 Å². The summed E-state index contributed by atoms with van der Waals surface area (Å²) in [6.07, 6.45) is 1.07. The fourth-order valence-electron chi connectivity index (χ4n) is 2.61. The number of nitrogens with two attached hydrogens (primary N) is 1. The van der Waals surface area contributed by atoms with Gasteiger partial charge in [0.1, 0.15) is 0 Å². The molecule has 0 saturated carbocycles. The van der Waals surface area contributed by atoms with Crippen molar-refractivity contribution in [1.29, 1.82) is 0 Å². The number of likely N-dealkylation sites (tertiary alicyclic amines) is 1. The lowest BCUT2D eigenvalue weighted by Crippen LogP contribution is -2.53. The zero-order valence-electron chi connectivity index (χ0n) is 12.6. The first kappa shape index (κ1) is 15.3. The lowest BCUT2D eigenvalue weighted by molar-refractivity contribution is 0.168. The third kappa shape index (κ3) is 4.21. The number of rotatable bonds is 3. The molecule has 2 unspecified atom stereocenters. The van der Waals surface area contributed by atoms with E-state index in [4.69, 9.17) is 5.73 Å². The van der Waals surface area contributed by atoms with Crippen LogP contribution in [0.15, 0.2) is 17.5 Å².